The summed E-state index contributed by atoms with van der Waals surface area (Å²) in [6.07, 6.45) is 3.71. The first-order chi connectivity index (χ1) is 13.3. The summed E-state index contributed by atoms with van der Waals surface area (Å²) < 4.78 is 5.24. The lowest BCUT2D eigenvalue weighted by molar-refractivity contribution is -0.148. The van der Waals surface area contributed by atoms with Crippen LogP contribution in [-0.2, 0) is 19.1 Å². The first-order valence-corrected chi connectivity index (χ1v) is 10.1. The van der Waals surface area contributed by atoms with Crippen molar-refractivity contribution in [2.45, 2.75) is 78.0 Å². The molecule has 2 rings (SSSR count). The van der Waals surface area contributed by atoms with Gasteiger partial charge in [0.25, 0.3) is 0 Å². The monoisotopic (exact) mass is 388 g/mol. The number of amides is 2. The Morgan fingerprint density at radius 2 is 1.64 bits per heavy atom. The Morgan fingerprint density at radius 1 is 1.04 bits per heavy atom. The second-order valence-corrected chi connectivity index (χ2v) is 7.93. The fourth-order valence-electron chi connectivity index (χ4n) is 3.41. The summed E-state index contributed by atoms with van der Waals surface area (Å²) >= 11 is 0. The number of hydrogen-bond acceptors (Lipinski definition) is 4. The van der Waals surface area contributed by atoms with Crippen LogP contribution >= 0.6 is 0 Å². The Bertz CT molecular complexity index is 678. The van der Waals surface area contributed by atoms with Gasteiger partial charge in [0.05, 0.1) is 18.6 Å². The van der Waals surface area contributed by atoms with Crippen LogP contribution in [-0.4, -0.2) is 29.9 Å². The molecule has 0 saturated heterocycles. The normalized spacial score (nSPS) is 16.5. The van der Waals surface area contributed by atoms with Gasteiger partial charge in [-0.2, -0.15) is 0 Å². The van der Waals surface area contributed by atoms with Crippen molar-refractivity contribution in [3.8, 4) is 0 Å². The van der Waals surface area contributed by atoms with Crippen molar-refractivity contribution in [2.24, 2.45) is 5.92 Å². The molecule has 1 aromatic rings. The SMILES string of the molecule is Cc1ccc([C@@H](CC(=O)OC(C)C)NC(=O)[C@@H](C)NC(=O)C2CCCC2)cc1. The number of ether oxygens (including phenoxy) is 1. The van der Waals surface area contributed by atoms with Crippen molar-refractivity contribution < 1.29 is 19.1 Å². The standard InChI is InChI=1S/C22H32N2O4/c1-14(2)28-20(25)13-19(17-11-9-15(3)10-12-17)24-21(26)16(4)23-22(27)18-7-5-6-8-18/h9-12,14,16,18-19H,5-8,13H2,1-4H3,(H,23,27)(H,24,26)/t16-,19-/m1/s1. The van der Waals surface area contributed by atoms with Crippen molar-refractivity contribution >= 4 is 17.8 Å². The molecule has 1 aliphatic carbocycles. The molecule has 1 saturated carbocycles. The molecule has 1 aliphatic rings. The lowest BCUT2D eigenvalue weighted by atomic mass is 10.0. The minimum Gasteiger partial charge on any atom is -0.463 e. The van der Waals surface area contributed by atoms with Gasteiger partial charge in [-0.05, 0) is 46.1 Å². The Kier molecular flexibility index (Phi) is 8.03. The Labute approximate surface area is 167 Å². The highest BCUT2D eigenvalue weighted by atomic mass is 16.5. The van der Waals surface area contributed by atoms with E-state index in [0.29, 0.717) is 0 Å². The summed E-state index contributed by atoms with van der Waals surface area (Å²) in [5.74, 6) is -0.742. The largest absolute Gasteiger partial charge is 0.463 e. The van der Waals surface area contributed by atoms with E-state index < -0.39 is 12.1 Å². The molecule has 0 spiro atoms. The molecular formula is C22H32N2O4. The average Bonchev–Trinajstić information content (AvgIpc) is 3.15. The summed E-state index contributed by atoms with van der Waals surface area (Å²) in [6.45, 7) is 7.22. The highest BCUT2D eigenvalue weighted by Gasteiger charge is 2.27. The minimum atomic E-state index is -0.665. The molecule has 0 bridgehead atoms. The minimum absolute atomic E-state index is 0.00386. The van der Waals surface area contributed by atoms with Crippen LogP contribution in [0.15, 0.2) is 24.3 Å². The fraction of sp³-hybridized carbons (Fsp3) is 0.591. The second kappa shape index (κ2) is 10.2. The zero-order chi connectivity index (χ0) is 20.7. The van der Waals surface area contributed by atoms with Crippen LogP contribution in [0.4, 0.5) is 0 Å². The molecule has 0 heterocycles. The van der Waals surface area contributed by atoms with Crippen LogP contribution in [0.1, 0.15) is 70.0 Å². The van der Waals surface area contributed by atoms with Crippen LogP contribution in [0.5, 0.6) is 0 Å². The number of esters is 1. The predicted molar refractivity (Wildman–Crippen MR) is 107 cm³/mol. The van der Waals surface area contributed by atoms with E-state index in [4.69, 9.17) is 4.74 Å². The van der Waals surface area contributed by atoms with Crippen molar-refractivity contribution in [1.82, 2.24) is 10.6 Å². The van der Waals surface area contributed by atoms with E-state index in [-0.39, 0.29) is 36.2 Å². The van der Waals surface area contributed by atoms with Crippen LogP contribution in [0, 0.1) is 12.8 Å². The third kappa shape index (κ3) is 6.66. The Hall–Kier alpha value is -2.37. The van der Waals surface area contributed by atoms with Gasteiger partial charge in [-0.15, -0.1) is 0 Å². The quantitative estimate of drug-likeness (QED) is 0.670. The highest BCUT2D eigenvalue weighted by molar-refractivity contribution is 5.88. The summed E-state index contributed by atoms with van der Waals surface area (Å²) in [4.78, 5) is 37.1. The highest BCUT2D eigenvalue weighted by Crippen LogP contribution is 2.25. The summed E-state index contributed by atoms with van der Waals surface area (Å²) in [7, 11) is 0. The van der Waals surface area contributed by atoms with Gasteiger partial charge in [0.2, 0.25) is 11.8 Å². The zero-order valence-corrected chi connectivity index (χ0v) is 17.3. The van der Waals surface area contributed by atoms with Gasteiger partial charge in [-0.3, -0.25) is 14.4 Å². The van der Waals surface area contributed by atoms with Crippen LogP contribution in [0.2, 0.25) is 0 Å². The molecule has 1 aromatic carbocycles. The maximum Gasteiger partial charge on any atom is 0.308 e. The number of aryl methyl sites for hydroxylation is 1. The third-order valence-electron chi connectivity index (χ3n) is 5.01. The van der Waals surface area contributed by atoms with Gasteiger partial charge in [-0.25, -0.2) is 0 Å². The van der Waals surface area contributed by atoms with E-state index >= 15 is 0 Å². The molecule has 6 nitrogen and oxygen atoms in total. The van der Waals surface area contributed by atoms with Gasteiger partial charge >= 0.3 is 5.97 Å². The van der Waals surface area contributed by atoms with Gasteiger partial charge < -0.3 is 15.4 Å². The molecule has 28 heavy (non-hydrogen) atoms. The molecule has 0 aromatic heterocycles. The Balaban J connectivity index is 2.02. The van der Waals surface area contributed by atoms with Gasteiger partial charge in [0, 0.05) is 5.92 Å². The number of hydrogen-bond donors (Lipinski definition) is 2. The second-order valence-electron chi connectivity index (χ2n) is 7.93. The van der Waals surface area contributed by atoms with E-state index in [1.54, 1.807) is 20.8 Å². The number of carbonyl (C=O) groups is 3. The number of carbonyl (C=O) groups excluding carboxylic acids is 3. The first-order valence-electron chi connectivity index (χ1n) is 10.1. The number of nitrogens with one attached hydrogen (secondary N) is 2. The van der Waals surface area contributed by atoms with Crippen LogP contribution in [0.3, 0.4) is 0 Å². The summed E-state index contributed by atoms with van der Waals surface area (Å²) in [5, 5.41) is 5.70. The van der Waals surface area contributed by atoms with Gasteiger partial charge in [0.15, 0.2) is 0 Å². The molecule has 2 amide bonds. The van der Waals surface area contributed by atoms with Crippen molar-refractivity contribution in [1.29, 1.82) is 0 Å². The van der Waals surface area contributed by atoms with Crippen LogP contribution < -0.4 is 10.6 Å². The molecule has 1 fully saturated rings. The van der Waals surface area contributed by atoms with Gasteiger partial charge in [-0.1, -0.05) is 42.7 Å². The molecule has 2 N–H and O–H groups in total. The number of rotatable bonds is 8. The fourth-order valence-corrected chi connectivity index (χ4v) is 3.41. The first kappa shape index (κ1) is 21.9. The Morgan fingerprint density at radius 3 is 2.21 bits per heavy atom. The lowest BCUT2D eigenvalue weighted by Gasteiger charge is -2.23. The maximum atomic E-state index is 12.7. The molecular weight excluding hydrogens is 356 g/mol. The summed E-state index contributed by atoms with van der Waals surface area (Å²) in [6, 6.07) is 6.49. The van der Waals surface area contributed by atoms with Gasteiger partial charge in [0.1, 0.15) is 6.04 Å². The lowest BCUT2D eigenvalue weighted by Crippen LogP contribution is -2.47. The van der Waals surface area contributed by atoms with E-state index in [0.717, 1.165) is 36.8 Å². The van der Waals surface area contributed by atoms with E-state index in [1.807, 2.05) is 31.2 Å². The molecule has 154 valence electrons. The smallest absolute Gasteiger partial charge is 0.308 e. The average molecular weight is 389 g/mol. The molecule has 0 radical (unpaired) electrons. The maximum absolute atomic E-state index is 12.7. The molecule has 6 heteroatoms. The van der Waals surface area contributed by atoms with Crippen molar-refractivity contribution in [3.63, 3.8) is 0 Å². The molecule has 2 atom stereocenters. The zero-order valence-electron chi connectivity index (χ0n) is 17.3. The third-order valence-corrected chi connectivity index (χ3v) is 5.01. The van der Waals surface area contributed by atoms with Crippen molar-refractivity contribution in [2.75, 3.05) is 0 Å². The topological polar surface area (TPSA) is 84.5 Å². The predicted octanol–water partition coefficient (Wildman–Crippen LogP) is 3.19. The van der Waals surface area contributed by atoms with Crippen molar-refractivity contribution in [3.05, 3.63) is 35.4 Å². The number of benzene rings is 1. The molecule has 0 unspecified atom stereocenters. The molecule has 0 aliphatic heterocycles. The summed E-state index contributed by atoms with van der Waals surface area (Å²) in [5.41, 5.74) is 1.92. The van der Waals surface area contributed by atoms with E-state index in [9.17, 15) is 14.4 Å². The van der Waals surface area contributed by atoms with E-state index in [1.165, 1.54) is 0 Å². The van der Waals surface area contributed by atoms with E-state index in [2.05, 4.69) is 10.6 Å². The van der Waals surface area contributed by atoms with Crippen LogP contribution in [0.25, 0.3) is 0 Å².